The number of hydrazone groups is 1. The molecule has 1 aromatic rings. The Kier molecular flexibility index (Phi) is 3.75. The van der Waals surface area contributed by atoms with Crippen LogP contribution in [0.5, 0.6) is 11.5 Å². The Bertz CT molecular complexity index is 862. The molecule has 0 spiro atoms. The zero-order valence-electron chi connectivity index (χ0n) is 14.2. The highest BCUT2D eigenvalue weighted by Gasteiger charge is 2.61. The van der Waals surface area contributed by atoms with Gasteiger partial charge in [-0.1, -0.05) is 6.08 Å². The third kappa shape index (κ3) is 2.22. The fourth-order valence-electron chi connectivity index (χ4n) is 3.92. The van der Waals surface area contributed by atoms with Crippen molar-refractivity contribution in [2.75, 3.05) is 14.2 Å². The zero-order valence-corrected chi connectivity index (χ0v) is 14.2. The van der Waals surface area contributed by atoms with E-state index in [0.717, 1.165) is 0 Å². The van der Waals surface area contributed by atoms with E-state index < -0.39 is 29.8 Å². The third-order valence-electron chi connectivity index (χ3n) is 5.07. The van der Waals surface area contributed by atoms with Gasteiger partial charge in [0.2, 0.25) is 11.8 Å². The van der Waals surface area contributed by atoms with Gasteiger partial charge in [0.05, 0.1) is 32.1 Å². The molecule has 3 aliphatic rings. The average molecular weight is 355 g/mol. The average Bonchev–Trinajstić information content (AvgIpc) is 3.16. The number of ether oxygens (including phenoxy) is 2. The highest BCUT2D eigenvalue weighted by atomic mass is 16.5. The van der Waals surface area contributed by atoms with Crippen LogP contribution in [0, 0.1) is 11.8 Å². The van der Waals surface area contributed by atoms with Gasteiger partial charge in [0.15, 0.2) is 17.3 Å². The van der Waals surface area contributed by atoms with Crippen molar-refractivity contribution in [3.63, 3.8) is 0 Å². The lowest BCUT2D eigenvalue weighted by Crippen LogP contribution is -2.44. The number of methoxy groups -OCH3 is 2. The number of Topliss-reactive ketones (excluding diaryl/α,β-unsaturated/α-hetero) is 1. The molecule has 2 amide bonds. The van der Waals surface area contributed by atoms with E-state index in [1.54, 1.807) is 41.6 Å². The molecule has 4 atom stereocenters. The van der Waals surface area contributed by atoms with Crippen LogP contribution in [0.4, 0.5) is 0 Å². The van der Waals surface area contributed by atoms with Crippen molar-refractivity contribution < 1.29 is 23.9 Å². The van der Waals surface area contributed by atoms with Crippen LogP contribution in [-0.2, 0) is 9.59 Å². The quantitative estimate of drug-likeness (QED) is 0.620. The van der Waals surface area contributed by atoms with E-state index in [1.165, 1.54) is 14.2 Å². The second-order valence-electron chi connectivity index (χ2n) is 6.30. The maximum Gasteiger partial charge on any atom is 0.233 e. The summed E-state index contributed by atoms with van der Waals surface area (Å²) in [6.45, 7) is 0. The molecule has 3 aliphatic heterocycles. The van der Waals surface area contributed by atoms with Gasteiger partial charge in [0.1, 0.15) is 6.04 Å². The number of carbonyl (C=O) groups is 3. The van der Waals surface area contributed by atoms with Crippen molar-refractivity contribution in [2.24, 2.45) is 16.9 Å². The molecule has 26 heavy (non-hydrogen) atoms. The molecule has 0 aromatic heterocycles. The molecule has 3 heterocycles. The molecule has 4 rings (SSSR count). The van der Waals surface area contributed by atoms with Crippen molar-refractivity contribution in [3.8, 4) is 11.5 Å². The molecule has 0 bridgehead atoms. The van der Waals surface area contributed by atoms with Crippen LogP contribution < -0.4 is 14.8 Å². The number of imide groups is 1. The maximum atomic E-state index is 13.2. The lowest BCUT2D eigenvalue weighted by atomic mass is 9.86. The van der Waals surface area contributed by atoms with E-state index in [4.69, 9.17) is 9.47 Å². The minimum absolute atomic E-state index is 0.291. The van der Waals surface area contributed by atoms with Gasteiger partial charge in [0, 0.05) is 11.8 Å². The normalized spacial score (nSPS) is 28.6. The van der Waals surface area contributed by atoms with Gasteiger partial charge in [-0.05, 0) is 24.3 Å². The van der Waals surface area contributed by atoms with Gasteiger partial charge in [-0.15, -0.1) is 0 Å². The summed E-state index contributed by atoms with van der Waals surface area (Å²) in [4.78, 5) is 37.8. The summed E-state index contributed by atoms with van der Waals surface area (Å²) in [5, 5.41) is 8.16. The van der Waals surface area contributed by atoms with Gasteiger partial charge in [0.25, 0.3) is 0 Å². The molecule has 4 unspecified atom stereocenters. The smallest absolute Gasteiger partial charge is 0.233 e. The number of allylic oxidation sites excluding steroid dienone is 1. The number of nitrogens with zero attached hydrogens (tertiary/aromatic N) is 2. The summed E-state index contributed by atoms with van der Waals surface area (Å²) in [7, 11) is 2.99. The summed E-state index contributed by atoms with van der Waals surface area (Å²) in [6, 6.07) is 3.56. The van der Waals surface area contributed by atoms with E-state index in [-0.39, 0.29) is 11.7 Å². The Labute approximate surface area is 149 Å². The van der Waals surface area contributed by atoms with Crippen molar-refractivity contribution in [3.05, 3.63) is 35.9 Å². The number of ketones is 1. The fourth-order valence-corrected chi connectivity index (χ4v) is 3.92. The van der Waals surface area contributed by atoms with E-state index in [2.05, 4.69) is 10.4 Å². The lowest BCUT2D eigenvalue weighted by Gasteiger charge is -2.28. The highest BCUT2D eigenvalue weighted by molar-refractivity contribution is 6.12. The Hall–Kier alpha value is -3.16. The first-order chi connectivity index (χ1) is 12.6. The second-order valence-corrected chi connectivity index (χ2v) is 6.30. The first-order valence-electron chi connectivity index (χ1n) is 8.17. The first kappa shape index (κ1) is 16.3. The van der Waals surface area contributed by atoms with Gasteiger partial charge < -0.3 is 9.47 Å². The van der Waals surface area contributed by atoms with Crippen molar-refractivity contribution in [2.45, 2.75) is 12.1 Å². The minimum Gasteiger partial charge on any atom is -0.493 e. The molecule has 8 heteroatoms. The van der Waals surface area contributed by atoms with Crippen LogP contribution in [0.1, 0.15) is 10.4 Å². The van der Waals surface area contributed by atoms with Crippen LogP contribution in [0.15, 0.2) is 35.5 Å². The summed E-state index contributed by atoms with van der Waals surface area (Å²) < 4.78 is 10.5. The molecule has 1 N–H and O–H groups in total. The molecule has 0 saturated carbocycles. The number of carbonyl (C=O) groups excluding carboxylic acids is 3. The fraction of sp³-hybridized carbons (Fsp3) is 0.333. The van der Waals surface area contributed by atoms with Crippen molar-refractivity contribution in [1.82, 2.24) is 10.3 Å². The van der Waals surface area contributed by atoms with E-state index in [9.17, 15) is 14.4 Å². The van der Waals surface area contributed by atoms with Crippen molar-refractivity contribution >= 4 is 23.8 Å². The molecular formula is C18H17N3O5. The van der Waals surface area contributed by atoms with Crippen LogP contribution in [0.2, 0.25) is 0 Å². The molecule has 0 radical (unpaired) electrons. The van der Waals surface area contributed by atoms with Gasteiger partial charge in [-0.2, -0.15) is 5.10 Å². The number of fused-ring (bicyclic) bond motifs is 3. The van der Waals surface area contributed by atoms with E-state index in [0.29, 0.717) is 17.1 Å². The Morgan fingerprint density at radius 2 is 1.85 bits per heavy atom. The molecule has 1 aromatic carbocycles. The number of hydrogen-bond acceptors (Lipinski definition) is 7. The first-order valence-corrected chi connectivity index (χ1v) is 8.17. The predicted octanol–water partition coefficient (Wildman–Crippen LogP) is 0.384. The Balaban J connectivity index is 1.75. The minimum atomic E-state index is -0.851. The topological polar surface area (TPSA) is 97.3 Å². The van der Waals surface area contributed by atoms with Gasteiger partial charge >= 0.3 is 0 Å². The van der Waals surface area contributed by atoms with Crippen LogP contribution in [-0.4, -0.2) is 55.1 Å². The van der Waals surface area contributed by atoms with E-state index in [1.807, 2.05) is 0 Å². The summed E-state index contributed by atoms with van der Waals surface area (Å²) in [5.41, 5.74) is 0.365. The van der Waals surface area contributed by atoms with Crippen LogP contribution >= 0.6 is 0 Å². The number of rotatable bonds is 4. The van der Waals surface area contributed by atoms with Gasteiger partial charge in [-0.3, -0.25) is 24.7 Å². The van der Waals surface area contributed by atoms with E-state index >= 15 is 0 Å². The number of benzene rings is 1. The Morgan fingerprint density at radius 1 is 1.12 bits per heavy atom. The molecule has 0 aliphatic carbocycles. The van der Waals surface area contributed by atoms with Crippen molar-refractivity contribution in [1.29, 1.82) is 0 Å². The molecule has 8 nitrogen and oxygen atoms in total. The SMILES string of the molecule is COc1ccc(C(=O)C2C3C(=O)NC(=O)C3C3C=CC=NN32)cc1OC. The summed E-state index contributed by atoms with van der Waals surface area (Å²) in [6.07, 6.45) is 5.07. The van der Waals surface area contributed by atoms with Crippen LogP contribution in [0.3, 0.4) is 0 Å². The van der Waals surface area contributed by atoms with Gasteiger partial charge in [-0.25, -0.2) is 0 Å². The third-order valence-corrected chi connectivity index (χ3v) is 5.07. The zero-order chi connectivity index (χ0) is 18.4. The highest BCUT2D eigenvalue weighted by Crippen LogP contribution is 2.42. The number of hydrogen-bond donors (Lipinski definition) is 1. The number of amides is 2. The molecule has 2 fully saturated rings. The summed E-state index contributed by atoms with van der Waals surface area (Å²) >= 11 is 0. The maximum absolute atomic E-state index is 13.2. The second kappa shape index (κ2) is 5.98. The number of nitrogens with one attached hydrogen (secondary N) is 1. The summed E-state index contributed by atoms with van der Waals surface area (Å²) in [5.74, 6) is -1.56. The molecular weight excluding hydrogens is 338 g/mol. The molecule has 2 saturated heterocycles. The Morgan fingerprint density at radius 3 is 2.58 bits per heavy atom. The standard InChI is InChI=1S/C18H17N3O5/c1-25-11-6-5-9(8-12(11)26-2)16(22)15-14-13(17(23)20-18(14)24)10-4-3-7-19-21(10)15/h3-8,10,13-15H,1-2H3,(H,20,23,24). The monoisotopic (exact) mass is 355 g/mol. The van der Waals surface area contributed by atoms with Crippen LogP contribution in [0.25, 0.3) is 0 Å². The predicted molar refractivity (Wildman–Crippen MR) is 91.1 cm³/mol. The molecule has 134 valence electrons. The lowest BCUT2D eigenvalue weighted by molar-refractivity contribution is -0.127. The largest absolute Gasteiger partial charge is 0.493 e.